The molecule has 0 aromatic rings. The van der Waals surface area contributed by atoms with Crippen LogP contribution in [0.3, 0.4) is 0 Å². The van der Waals surface area contributed by atoms with E-state index in [4.69, 9.17) is 0 Å². The lowest BCUT2D eigenvalue weighted by Crippen LogP contribution is -2.22. The third-order valence-electron chi connectivity index (χ3n) is 1.45. The predicted molar refractivity (Wildman–Crippen MR) is 34.0 cm³/mol. The molecule has 0 aromatic heterocycles. The molecular weight excluding hydrogens is 130 g/mol. The normalized spacial score (nSPS) is 27.8. The number of nitrogens with zero attached hydrogens (tertiary/aromatic N) is 2. The zero-order valence-corrected chi connectivity index (χ0v) is 5.11. The van der Waals surface area contributed by atoms with Gasteiger partial charge >= 0.3 is 0 Å². The first-order valence-electron chi connectivity index (χ1n) is 2.96. The first-order chi connectivity index (χ1) is 4.88. The minimum absolute atomic E-state index is 0.00810. The minimum atomic E-state index is -0.384. The molecule has 0 amide bonds. The van der Waals surface area contributed by atoms with Crippen LogP contribution in [0.15, 0.2) is 34.3 Å². The lowest BCUT2D eigenvalue weighted by Gasteiger charge is -2.05. The highest BCUT2D eigenvalue weighted by Crippen LogP contribution is 2.15. The molecule has 1 aliphatic carbocycles. The van der Waals surface area contributed by atoms with Crippen molar-refractivity contribution in [1.29, 1.82) is 0 Å². The van der Waals surface area contributed by atoms with Gasteiger partial charge in [0, 0.05) is 0 Å². The highest BCUT2D eigenvalue weighted by atomic mass is 16.1. The van der Waals surface area contributed by atoms with Crippen LogP contribution in [-0.2, 0) is 4.79 Å². The Kier molecular flexibility index (Phi) is 0.943. The topological polar surface area (TPSA) is 53.8 Å². The van der Waals surface area contributed by atoms with E-state index in [9.17, 15) is 4.79 Å². The summed E-state index contributed by atoms with van der Waals surface area (Å²) in [5, 5.41) is 7.21. The Morgan fingerprint density at radius 2 is 2.50 bits per heavy atom. The highest BCUT2D eigenvalue weighted by Gasteiger charge is 2.26. The van der Waals surface area contributed by atoms with Crippen molar-refractivity contribution in [2.75, 3.05) is 0 Å². The van der Waals surface area contributed by atoms with Crippen LogP contribution in [0.4, 0.5) is 0 Å². The molecule has 2 rings (SSSR count). The van der Waals surface area contributed by atoms with Crippen LogP contribution in [0, 0.1) is 0 Å². The number of hydrogen-bond donors (Lipinski definition) is 1. The molecule has 1 unspecified atom stereocenters. The van der Waals surface area contributed by atoms with Gasteiger partial charge in [0.05, 0.1) is 5.70 Å². The van der Waals surface area contributed by atoms with Gasteiger partial charge in [-0.25, -0.2) is 0 Å². The molecule has 0 aromatic carbocycles. The summed E-state index contributed by atoms with van der Waals surface area (Å²) in [4.78, 5) is 11.0. The van der Waals surface area contributed by atoms with Crippen molar-refractivity contribution in [1.82, 2.24) is 5.43 Å². The molecule has 1 aliphatic heterocycles. The van der Waals surface area contributed by atoms with Gasteiger partial charge in [0.15, 0.2) is 11.8 Å². The molecule has 4 heteroatoms. The molecule has 2 aliphatic rings. The summed E-state index contributed by atoms with van der Waals surface area (Å²) >= 11 is 0. The van der Waals surface area contributed by atoms with E-state index in [0.29, 0.717) is 0 Å². The average molecular weight is 135 g/mol. The fourth-order valence-corrected chi connectivity index (χ4v) is 0.944. The van der Waals surface area contributed by atoms with Gasteiger partial charge in [-0.1, -0.05) is 11.3 Å². The van der Waals surface area contributed by atoms with Gasteiger partial charge in [-0.05, 0) is 12.2 Å². The standard InChI is InChI=1S/C6H5N3O/c10-5-3-1-2-4-6(5)8-9-7-4/h1-3,6H,(H,7,8). The van der Waals surface area contributed by atoms with E-state index in [1.807, 2.05) is 0 Å². The summed E-state index contributed by atoms with van der Waals surface area (Å²) in [5.41, 5.74) is 3.41. The van der Waals surface area contributed by atoms with Gasteiger partial charge in [0.25, 0.3) is 0 Å². The number of fused-ring (bicyclic) bond motifs is 1. The zero-order valence-electron chi connectivity index (χ0n) is 5.11. The van der Waals surface area contributed by atoms with Crippen molar-refractivity contribution >= 4 is 5.78 Å². The zero-order chi connectivity index (χ0) is 6.97. The average Bonchev–Trinajstić information content (AvgIpc) is 2.36. The maximum Gasteiger partial charge on any atom is 0.188 e. The number of hydrogen-bond acceptors (Lipinski definition) is 4. The van der Waals surface area contributed by atoms with Gasteiger partial charge in [0.1, 0.15) is 0 Å². The van der Waals surface area contributed by atoms with Gasteiger partial charge in [-0.3, -0.25) is 10.2 Å². The third kappa shape index (κ3) is 0.586. The highest BCUT2D eigenvalue weighted by molar-refractivity contribution is 5.98. The van der Waals surface area contributed by atoms with Gasteiger partial charge < -0.3 is 0 Å². The van der Waals surface area contributed by atoms with E-state index in [1.54, 1.807) is 12.2 Å². The smallest absolute Gasteiger partial charge is 0.188 e. The SMILES string of the molecule is O=C1C=CC=C2NN=NC12. The van der Waals surface area contributed by atoms with Crippen LogP contribution in [0.2, 0.25) is 0 Å². The Labute approximate surface area is 57.3 Å². The minimum Gasteiger partial charge on any atom is -0.292 e. The molecule has 1 N–H and O–H groups in total. The van der Waals surface area contributed by atoms with E-state index < -0.39 is 0 Å². The van der Waals surface area contributed by atoms with Crippen molar-refractivity contribution < 1.29 is 4.79 Å². The Morgan fingerprint density at radius 1 is 1.60 bits per heavy atom. The molecule has 4 nitrogen and oxygen atoms in total. The molecule has 50 valence electrons. The first kappa shape index (κ1) is 5.34. The molecule has 0 spiro atoms. The summed E-state index contributed by atoms with van der Waals surface area (Å²) in [6.07, 6.45) is 4.99. The summed E-state index contributed by atoms with van der Waals surface area (Å²) in [7, 11) is 0. The van der Waals surface area contributed by atoms with Gasteiger partial charge in [0.2, 0.25) is 0 Å². The van der Waals surface area contributed by atoms with Crippen LogP contribution in [-0.4, -0.2) is 11.8 Å². The Morgan fingerprint density at radius 3 is 3.30 bits per heavy atom. The molecule has 10 heavy (non-hydrogen) atoms. The number of rotatable bonds is 0. The number of nitrogens with one attached hydrogen (secondary N) is 1. The summed E-state index contributed by atoms with van der Waals surface area (Å²) in [6, 6.07) is -0.384. The quantitative estimate of drug-likeness (QED) is 0.521. The number of carbonyl (C=O) groups excluding carboxylic acids is 1. The van der Waals surface area contributed by atoms with E-state index in [2.05, 4.69) is 15.8 Å². The monoisotopic (exact) mass is 135 g/mol. The molecule has 0 saturated carbocycles. The number of ketones is 1. The van der Waals surface area contributed by atoms with Crippen molar-refractivity contribution in [2.45, 2.75) is 6.04 Å². The van der Waals surface area contributed by atoms with Gasteiger partial charge in [-0.15, -0.1) is 0 Å². The molecule has 0 fully saturated rings. The second kappa shape index (κ2) is 1.76. The Balaban J connectivity index is 2.40. The second-order valence-electron chi connectivity index (χ2n) is 2.11. The summed E-state index contributed by atoms with van der Waals surface area (Å²) < 4.78 is 0. The van der Waals surface area contributed by atoms with Crippen LogP contribution in [0.5, 0.6) is 0 Å². The molecule has 1 heterocycles. The molecular formula is C6H5N3O. The number of carbonyl (C=O) groups is 1. The molecule has 0 bridgehead atoms. The van der Waals surface area contributed by atoms with Crippen LogP contribution >= 0.6 is 0 Å². The van der Waals surface area contributed by atoms with Crippen LogP contribution in [0.1, 0.15) is 0 Å². The van der Waals surface area contributed by atoms with Crippen molar-refractivity contribution in [3.05, 3.63) is 23.9 Å². The molecule has 0 radical (unpaired) electrons. The first-order valence-corrected chi connectivity index (χ1v) is 2.96. The second-order valence-corrected chi connectivity index (χ2v) is 2.11. The van der Waals surface area contributed by atoms with Crippen molar-refractivity contribution in [3.63, 3.8) is 0 Å². The maximum atomic E-state index is 11.0. The summed E-state index contributed by atoms with van der Waals surface area (Å²) in [6.45, 7) is 0. The third-order valence-corrected chi connectivity index (χ3v) is 1.45. The fraction of sp³-hybridized carbons (Fsp3) is 0.167. The van der Waals surface area contributed by atoms with E-state index in [0.717, 1.165) is 5.70 Å². The maximum absolute atomic E-state index is 11.0. The lowest BCUT2D eigenvalue weighted by molar-refractivity contribution is -0.115. The Hall–Kier alpha value is -1.45. The van der Waals surface area contributed by atoms with E-state index >= 15 is 0 Å². The lowest BCUT2D eigenvalue weighted by atomic mass is 10.1. The van der Waals surface area contributed by atoms with E-state index in [1.165, 1.54) is 6.08 Å². The van der Waals surface area contributed by atoms with Crippen molar-refractivity contribution in [3.8, 4) is 0 Å². The van der Waals surface area contributed by atoms with Crippen LogP contribution < -0.4 is 5.43 Å². The van der Waals surface area contributed by atoms with Crippen molar-refractivity contribution in [2.24, 2.45) is 10.3 Å². The summed E-state index contributed by atoms with van der Waals surface area (Å²) in [5.74, 6) is -0.00810. The molecule has 1 atom stereocenters. The molecule has 0 saturated heterocycles. The Bertz CT molecular complexity index is 264. The van der Waals surface area contributed by atoms with Gasteiger partial charge in [-0.2, -0.15) is 5.11 Å². The largest absolute Gasteiger partial charge is 0.292 e. The fourth-order valence-electron chi connectivity index (χ4n) is 0.944. The van der Waals surface area contributed by atoms with Crippen LogP contribution in [0.25, 0.3) is 0 Å². The number of allylic oxidation sites excluding steroid dienone is 2. The predicted octanol–water partition coefficient (Wildman–Crippen LogP) is 0.348. The van der Waals surface area contributed by atoms with E-state index in [-0.39, 0.29) is 11.8 Å².